The number of aliphatic hydroxyl groups excluding tert-OH is 1. The third kappa shape index (κ3) is 2.72. The van der Waals surface area contributed by atoms with E-state index in [0.29, 0.717) is 22.2 Å². The zero-order chi connectivity index (χ0) is 14.0. The monoisotopic (exact) mass is 281 g/mol. The van der Waals surface area contributed by atoms with Crippen molar-refractivity contribution in [3.05, 3.63) is 40.8 Å². The second-order valence-electron chi connectivity index (χ2n) is 4.45. The molecule has 2 heterocycles. The summed E-state index contributed by atoms with van der Waals surface area (Å²) < 4.78 is 6.69. The molecule has 2 rings (SSSR count). The Hall–Kier alpha value is -1.59. The fourth-order valence-corrected chi connectivity index (χ4v) is 2.08. The molecule has 2 aromatic heterocycles. The van der Waals surface area contributed by atoms with Crippen LogP contribution in [0.1, 0.15) is 37.3 Å². The third-order valence-electron chi connectivity index (χ3n) is 2.82. The molecule has 0 aliphatic carbocycles. The molecular formula is C13H16ClN3O2. The van der Waals surface area contributed by atoms with Crippen molar-refractivity contribution >= 4 is 11.6 Å². The average Bonchev–Trinajstić information content (AvgIpc) is 2.80. The van der Waals surface area contributed by atoms with Crippen LogP contribution in [0.5, 0.6) is 5.88 Å². The third-order valence-corrected chi connectivity index (χ3v) is 3.11. The number of aromatic nitrogens is 3. The molecule has 0 radical (unpaired) electrons. The van der Waals surface area contributed by atoms with Crippen molar-refractivity contribution < 1.29 is 9.84 Å². The maximum atomic E-state index is 10.4. The quantitative estimate of drug-likeness (QED) is 0.936. The number of pyridine rings is 1. The van der Waals surface area contributed by atoms with E-state index in [1.165, 1.54) is 6.20 Å². The lowest BCUT2D eigenvalue weighted by molar-refractivity contribution is 0.204. The van der Waals surface area contributed by atoms with Crippen LogP contribution in [0.4, 0.5) is 0 Å². The largest absolute Gasteiger partial charge is 0.481 e. The van der Waals surface area contributed by atoms with E-state index in [1.54, 1.807) is 30.1 Å². The Balaban J connectivity index is 2.37. The molecule has 0 bridgehead atoms. The van der Waals surface area contributed by atoms with Crippen LogP contribution in [0.2, 0.25) is 5.02 Å². The van der Waals surface area contributed by atoms with E-state index in [2.05, 4.69) is 10.1 Å². The topological polar surface area (TPSA) is 60.2 Å². The molecule has 0 spiro atoms. The summed E-state index contributed by atoms with van der Waals surface area (Å²) >= 11 is 6.10. The first kappa shape index (κ1) is 13.8. The minimum Gasteiger partial charge on any atom is -0.481 e. The lowest BCUT2D eigenvalue weighted by Crippen LogP contribution is -2.12. The standard InChI is InChI=1S/C13H16ClN3O2/c1-8(2)17-12(10(14)7-16-17)13(18)9-4-5-11(19-3)15-6-9/h4-8,13,18H,1-3H3. The van der Waals surface area contributed by atoms with Gasteiger partial charge in [-0.3, -0.25) is 4.68 Å². The number of ether oxygens (including phenoxy) is 1. The Bertz CT molecular complexity index is 552. The van der Waals surface area contributed by atoms with Crippen LogP contribution in [0.25, 0.3) is 0 Å². The number of hydrogen-bond acceptors (Lipinski definition) is 4. The van der Waals surface area contributed by atoms with Crippen molar-refractivity contribution in [2.45, 2.75) is 26.0 Å². The van der Waals surface area contributed by atoms with Crippen molar-refractivity contribution in [3.63, 3.8) is 0 Å². The molecule has 19 heavy (non-hydrogen) atoms. The second-order valence-corrected chi connectivity index (χ2v) is 4.86. The van der Waals surface area contributed by atoms with Crippen LogP contribution in [0.15, 0.2) is 24.5 Å². The number of hydrogen-bond donors (Lipinski definition) is 1. The first-order valence-corrected chi connectivity index (χ1v) is 6.33. The average molecular weight is 282 g/mol. The molecule has 0 fully saturated rings. The molecule has 1 N–H and O–H groups in total. The van der Waals surface area contributed by atoms with Gasteiger partial charge in [0.1, 0.15) is 6.10 Å². The van der Waals surface area contributed by atoms with E-state index in [4.69, 9.17) is 16.3 Å². The minimum absolute atomic E-state index is 0.114. The van der Waals surface area contributed by atoms with Gasteiger partial charge >= 0.3 is 0 Å². The van der Waals surface area contributed by atoms with Crippen LogP contribution in [0, 0.1) is 0 Å². The van der Waals surface area contributed by atoms with Crippen molar-refractivity contribution in [3.8, 4) is 5.88 Å². The molecule has 0 saturated heterocycles. The molecule has 0 aromatic carbocycles. The highest BCUT2D eigenvalue weighted by molar-refractivity contribution is 6.31. The summed E-state index contributed by atoms with van der Waals surface area (Å²) in [6.07, 6.45) is 2.24. The van der Waals surface area contributed by atoms with Crippen LogP contribution in [-0.4, -0.2) is 27.0 Å². The number of halogens is 1. The van der Waals surface area contributed by atoms with Gasteiger partial charge in [0.05, 0.1) is 24.0 Å². The molecule has 0 saturated carbocycles. The van der Waals surface area contributed by atoms with E-state index >= 15 is 0 Å². The number of nitrogens with zero attached hydrogens (tertiary/aromatic N) is 3. The molecule has 0 aliphatic heterocycles. The molecule has 5 nitrogen and oxygen atoms in total. The first-order valence-electron chi connectivity index (χ1n) is 5.95. The minimum atomic E-state index is -0.865. The van der Waals surface area contributed by atoms with Crippen molar-refractivity contribution in [2.24, 2.45) is 0 Å². The van der Waals surface area contributed by atoms with E-state index in [9.17, 15) is 5.11 Å². The predicted molar refractivity (Wildman–Crippen MR) is 72.5 cm³/mol. The van der Waals surface area contributed by atoms with Crippen LogP contribution in [0.3, 0.4) is 0 Å². The first-order chi connectivity index (χ1) is 9.04. The van der Waals surface area contributed by atoms with Crippen LogP contribution >= 0.6 is 11.6 Å². The number of aliphatic hydroxyl groups is 1. The van der Waals surface area contributed by atoms with Gasteiger partial charge in [-0.05, 0) is 19.9 Å². The summed E-state index contributed by atoms with van der Waals surface area (Å²) in [6, 6.07) is 3.57. The van der Waals surface area contributed by atoms with E-state index in [-0.39, 0.29) is 6.04 Å². The van der Waals surface area contributed by atoms with Gasteiger partial charge < -0.3 is 9.84 Å². The van der Waals surface area contributed by atoms with Gasteiger partial charge in [-0.2, -0.15) is 5.10 Å². The molecule has 102 valence electrons. The Kier molecular flexibility index (Phi) is 4.07. The normalized spacial score (nSPS) is 12.7. The molecule has 1 unspecified atom stereocenters. The highest BCUT2D eigenvalue weighted by Crippen LogP contribution is 2.30. The lowest BCUT2D eigenvalue weighted by atomic mass is 10.1. The molecule has 0 aliphatic rings. The van der Waals surface area contributed by atoms with Gasteiger partial charge in [-0.15, -0.1) is 0 Å². The molecule has 2 aromatic rings. The van der Waals surface area contributed by atoms with Crippen LogP contribution < -0.4 is 4.74 Å². The number of methoxy groups -OCH3 is 1. The van der Waals surface area contributed by atoms with E-state index in [0.717, 1.165) is 0 Å². The Morgan fingerprint density at radius 1 is 1.32 bits per heavy atom. The SMILES string of the molecule is COc1ccc(C(O)c2c(Cl)cnn2C(C)C)cn1. The fourth-order valence-electron chi connectivity index (χ4n) is 1.85. The van der Waals surface area contributed by atoms with Gasteiger partial charge in [0.15, 0.2) is 0 Å². The zero-order valence-corrected chi connectivity index (χ0v) is 11.8. The molecule has 1 atom stereocenters. The molecule has 6 heteroatoms. The van der Waals surface area contributed by atoms with Gasteiger partial charge in [-0.25, -0.2) is 4.98 Å². The lowest BCUT2D eigenvalue weighted by Gasteiger charge is -2.16. The summed E-state index contributed by atoms with van der Waals surface area (Å²) in [5, 5.41) is 15.0. The van der Waals surface area contributed by atoms with Gasteiger partial charge in [0.2, 0.25) is 5.88 Å². The van der Waals surface area contributed by atoms with Crippen LogP contribution in [-0.2, 0) is 0 Å². The fraction of sp³-hybridized carbons (Fsp3) is 0.385. The highest BCUT2D eigenvalue weighted by Gasteiger charge is 2.21. The van der Waals surface area contributed by atoms with Crippen molar-refractivity contribution in [2.75, 3.05) is 7.11 Å². The smallest absolute Gasteiger partial charge is 0.212 e. The Morgan fingerprint density at radius 3 is 2.58 bits per heavy atom. The molecular weight excluding hydrogens is 266 g/mol. The van der Waals surface area contributed by atoms with Crippen molar-refractivity contribution in [1.82, 2.24) is 14.8 Å². The summed E-state index contributed by atoms with van der Waals surface area (Å²) in [6.45, 7) is 3.96. The van der Waals surface area contributed by atoms with Gasteiger partial charge in [-0.1, -0.05) is 11.6 Å². The predicted octanol–water partition coefficient (Wildman–Crippen LogP) is 2.60. The van der Waals surface area contributed by atoms with Gasteiger partial charge in [0, 0.05) is 23.9 Å². The summed E-state index contributed by atoms with van der Waals surface area (Å²) in [4.78, 5) is 4.08. The maximum Gasteiger partial charge on any atom is 0.212 e. The van der Waals surface area contributed by atoms with Gasteiger partial charge in [0.25, 0.3) is 0 Å². The highest BCUT2D eigenvalue weighted by atomic mass is 35.5. The number of rotatable bonds is 4. The Morgan fingerprint density at radius 2 is 2.05 bits per heavy atom. The Labute approximate surface area is 116 Å². The zero-order valence-electron chi connectivity index (χ0n) is 11.0. The summed E-state index contributed by atoms with van der Waals surface area (Å²) in [5.74, 6) is 0.499. The maximum absolute atomic E-state index is 10.4. The van der Waals surface area contributed by atoms with E-state index < -0.39 is 6.10 Å². The van der Waals surface area contributed by atoms with Crippen molar-refractivity contribution in [1.29, 1.82) is 0 Å². The summed E-state index contributed by atoms with van der Waals surface area (Å²) in [7, 11) is 1.54. The van der Waals surface area contributed by atoms with E-state index in [1.807, 2.05) is 13.8 Å². The summed E-state index contributed by atoms with van der Waals surface area (Å²) in [5.41, 5.74) is 1.22. The second kappa shape index (κ2) is 5.59. The molecule has 0 amide bonds.